The quantitative estimate of drug-likeness (QED) is 0.475. The lowest BCUT2D eigenvalue weighted by Gasteiger charge is -2.08. The molecule has 0 heterocycles. The molecule has 0 spiro atoms. The second-order valence-corrected chi connectivity index (χ2v) is 3.90. The molecule has 1 saturated carbocycles. The van der Waals surface area contributed by atoms with Gasteiger partial charge < -0.3 is 4.84 Å². The summed E-state index contributed by atoms with van der Waals surface area (Å²) in [5, 5.41) is 3.87. The third kappa shape index (κ3) is 4.91. The van der Waals surface area contributed by atoms with E-state index in [9.17, 15) is 0 Å². The van der Waals surface area contributed by atoms with E-state index in [1.807, 2.05) is 6.21 Å². The van der Waals surface area contributed by atoms with Crippen LogP contribution in [0, 0.1) is 5.92 Å². The molecule has 0 aliphatic heterocycles. The molecule has 0 unspecified atom stereocenters. The zero-order chi connectivity index (χ0) is 9.36. The largest absolute Gasteiger partial charge is 0.399 e. The summed E-state index contributed by atoms with van der Waals surface area (Å²) in [6.07, 6.45) is 13.0. The van der Waals surface area contributed by atoms with Crippen molar-refractivity contribution in [2.75, 3.05) is 7.11 Å². The first-order chi connectivity index (χ1) is 6.43. The van der Waals surface area contributed by atoms with Crippen molar-refractivity contribution in [2.45, 2.75) is 51.4 Å². The average Bonchev–Trinajstić information content (AvgIpc) is 2.28. The van der Waals surface area contributed by atoms with E-state index >= 15 is 0 Å². The van der Waals surface area contributed by atoms with Crippen LogP contribution in [0.25, 0.3) is 0 Å². The van der Waals surface area contributed by atoms with E-state index in [2.05, 4.69) is 5.16 Å². The minimum atomic E-state index is 0.665. The van der Waals surface area contributed by atoms with Gasteiger partial charge in [-0.25, -0.2) is 0 Å². The number of nitrogens with zero attached hydrogens (tertiary/aromatic N) is 1. The van der Waals surface area contributed by atoms with E-state index in [-0.39, 0.29) is 0 Å². The Kier molecular flexibility index (Phi) is 5.62. The Balaban J connectivity index is 2.27. The lowest BCUT2D eigenvalue weighted by molar-refractivity contribution is 0.212. The summed E-state index contributed by atoms with van der Waals surface area (Å²) in [7, 11) is 1.62. The van der Waals surface area contributed by atoms with Crippen LogP contribution in [0.5, 0.6) is 0 Å². The van der Waals surface area contributed by atoms with Crippen molar-refractivity contribution in [3.63, 3.8) is 0 Å². The highest BCUT2D eigenvalue weighted by Crippen LogP contribution is 2.20. The first kappa shape index (κ1) is 10.6. The molecule has 0 amide bonds. The van der Waals surface area contributed by atoms with Gasteiger partial charge in [-0.3, -0.25) is 0 Å². The van der Waals surface area contributed by atoms with Gasteiger partial charge in [-0.2, -0.15) is 0 Å². The van der Waals surface area contributed by atoms with Crippen LogP contribution in [0.1, 0.15) is 51.4 Å². The van der Waals surface area contributed by atoms with Crippen LogP contribution >= 0.6 is 0 Å². The third-order valence-corrected chi connectivity index (χ3v) is 2.78. The van der Waals surface area contributed by atoms with Crippen molar-refractivity contribution in [2.24, 2.45) is 11.1 Å². The smallest absolute Gasteiger partial charge is 0.106 e. The van der Waals surface area contributed by atoms with Crippen LogP contribution in [0.3, 0.4) is 0 Å². The highest BCUT2D eigenvalue weighted by atomic mass is 16.6. The van der Waals surface area contributed by atoms with Gasteiger partial charge in [0.05, 0.1) is 0 Å². The molecule has 1 fully saturated rings. The van der Waals surface area contributed by atoms with Crippen LogP contribution in [0.2, 0.25) is 0 Å². The summed E-state index contributed by atoms with van der Waals surface area (Å²) < 4.78 is 0. The molecule has 0 saturated heterocycles. The molecule has 1 rings (SSSR count). The molecule has 0 bridgehead atoms. The van der Waals surface area contributed by atoms with E-state index < -0.39 is 0 Å². The van der Waals surface area contributed by atoms with Crippen LogP contribution in [-0.4, -0.2) is 13.3 Å². The predicted molar refractivity (Wildman–Crippen MR) is 55.9 cm³/mol. The number of oxime groups is 1. The Labute approximate surface area is 81.3 Å². The van der Waals surface area contributed by atoms with E-state index in [0.29, 0.717) is 5.92 Å². The predicted octanol–water partition coefficient (Wildman–Crippen LogP) is 3.37. The zero-order valence-corrected chi connectivity index (χ0v) is 8.67. The van der Waals surface area contributed by atoms with Gasteiger partial charge in [0.15, 0.2) is 0 Å². The average molecular weight is 183 g/mol. The molecule has 76 valence electrons. The molecular weight excluding hydrogens is 162 g/mol. The number of hydrogen-bond acceptors (Lipinski definition) is 2. The van der Waals surface area contributed by atoms with Gasteiger partial charge in [0.2, 0.25) is 0 Å². The minimum Gasteiger partial charge on any atom is -0.399 e. The van der Waals surface area contributed by atoms with E-state index in [1.54, 1.807) is 7.11 Å². The maximum atomic E-state index is 4.72. The van der Waals surface area contributed by atoms with Gasteiger partial charge in [0, 0.05) is 6.21 Å². The van der Waals surface area contributed by atoms with Crippen molar-refractivity contribution in [3.05, 3.63) is 0 Å². The number of hydrogen-bond donors (Lipinski definition) is 0. The Morgan fingerprint density at radius 3 is 2.08 bits per heavy atom. The molecule has 0 atom stereocenters. The van der Waals surface area contributed by atoms with Crippen LogP contribution in [0.4, 0.5) is 0 Å². The van der Waals surface area contributed by atoms with E-state index in [4.69, 9.17) is 4.84 Å². The molecular formula is C11H21NO. The summed E-state index contributed by atoms with van der Waals surface area (Å²) in [5.74, 6) is 0.665. The van der Waals surface area contributed by atoms with Crippen molar-refractivity contribution in [1.82, 2.24) is 0 Å². The maximum absolute atomic E-state index is 4.72. The summed E-state index contributed by atoms with van der Waals surface area (Å²) in [4.78, 5) is 4.72. The molecule has 0 aromatic rings. The van der Waals surface area contributed by atoms with Gasteiger partial charge >= 0.3 is 0 Å². The molecule has 2 nitrogen and oxygen atoms in total. The second-order valence-electron chi connectivity index (χ2n) is 3.90. The van der Waals surface area contributed by atoms with E-state index in [1.165, 1.54) is 51.4 Å². The van der Waals surface area contributed by atoms with Crippen LogP contribution < -0.4 is 0 Å². The lowest BCUT2D eigenvalue weighted by atomic mass is 9.98. The molecule has 0 aromatic carbocycles. The standard InChI is InChI=1S/C11H21NO/c1-13-12-10-11-8-6-4-2-3-5-7-9-11/h10-11H,2-9H2,1H3. The van der Waals surface area contributed by atoms with E-state index in [0.717, 1.165) is 0 Å². The molecule has 2 heteroatoms. The van der Waals surface area contributed by atoms with Gasteiger partial charge in [-0.05, 0) is 18.8 Å². The topological polar surface area (TPSA) is 21.6 Å². The van der Waals surface area contributed by atoms with Crippen LogP contribution in [-0.2, 0) is 4.84 Å². The summed E-state index contributed by atoms with van der Waals surface area (Å²) in [6, 6.07) is 0. The van der Waals surface area contributed by atoms with Crippen molar-refractivity contribution < 1.29 is 4.84 Å². The van der Waals surface area contributed by atoms with Gasteiger partial charge in [0.1, 0.15) is 7.11 Å². The van der Waals surface area contributed by atoms with Crippen LogP contribution in [0.15, 0.2) is 5.16 Å². The molecule has 1 aliphatic rings. The fourth-order valence-corrected chi connectivity index (χ4v) is 1.96. The summed E-state index contributed by atoms with van der Waals surface area (Å²) in [6.45, 7) is 0. The fraction of sp³-hybridized carbons (Fsp3) is 0.909. The van der Waals surface area contributed by atoms with Gasteiger partial charge in [0.25, 0.3) is 0 Å². The lowest BCUT2D eigenvalue weighted by Crippen LogP contribution is -2.01. The molecule has 0 N–H and O–H groups in total. The Hall–Kier alpha value is -0.530. The monoisotopic (exact) mass is 183 g/mol. The van der Waals surface area contributed by atoms with Crippen molar-refractivity contribution >= 4 is 6.21 Å². The first-order valence-electron chi connectivity index (χ1n) is 5.50. The first-order valence-corrected chi connectivity index (χ1v) is 5.50. The summed E-state index contributed by atoms with van der Waals surface area (Å²) >= 11 is 0. The fourth-order valence-electron chi connectivity index (χ4n) is 1.96. The molecule has 13 heavy (non-hydrogen) atoms. The minimum absolute atomic E-state index is 0.665. The van der Waals surface area contributed by atoms with Gasteiger partial charge in [-0.15, -0.1) is 0 Å². The summed E-state index contributed by atoms with van der Waals surface area (Å²) in [5.41, 5.74) is 0. The molecule has 0 aromatic heterocycles. The highest BCUT2D eigenvalue weighted by molar-refractivity contribution is 5.59. The molecule has 0 radical (unpaired) electrons. The Morgan fingerprint density at radius 2 is 1.54 bits per heavy atom. The Bertz CT molecular complexity index is 135. The highest BCUT2D eigenvalue weighted by Gasteiger charge is 2.07. The molecule has 1 aliphatic carbocycles. The second kappa shape index (κ2) is 6.93. The van der Waals surface area contributed by atoms with Crippen molar-refractivity contribution in [1.29, 1.82) is 0 Å². The normalized spacial score (nSPS) is 22.2. The van der Waals surface area contributed by atoms with Gasteiger partial charge in [-0.1, -0.05) is 43.7 Å². The Morgan fingerprint density at radius 1 is 1.00 bits per heavy atom. The zero-order valence-electron chi connectivity index (χ0n) is 8.67. The van der Waals surface area contributed by atoms with Crippen molar-refractivity contribution in [3.8, 4) is 0 Å². The maximum Gasteiger partial charge on any atom is 0.106 e. The third-order valence-electron chi connectivity index (χ3n) is 2.78. The SMILES string of the molecule is CON=CC1CCCCCCCC1. The number of rotatable bonds is 2.